The number of alkyl halides is 6. The van der Waals surface area contributed by atoms with Crippen molar-refractivity contribution < 1.29 is 35.1 Å². The number of fused-ring (bicyclic) bond motifs is 3. The minimum absolute atomic E-state index is 0.0580. The minimum Gasteiger partial charge on any atom is -0.309 e. The number of rotatable bonds is 6. The monoisotopic (exact) mass is 798 g/mol. The molecule has 2 aromatic heterocycles. The second-order valence-electron chi connectivity index (χ2n) is 13.8. The van der Waals surface area contributed by atoms with Gasteiger partial charge in [0, 0.05) is 33.5 Å². The second kappa shape index (κ2) is 14.3. The molecule has 59 heavy (non-hydrogen) atoms. The average Bonchev–Trinajstić information content (AvgIpc) is 3.56. The Morgan fingerprint density at radius 2 is 0.966 bits per heavy atom. The molecule has 0 radical (unpaired) electrons. The third-order valence-electron chi connectivity index (χ3n) is 10.0. The number of halogens is 8. The number of hydrogen-bond acceptors (Lipinski definition) is 3. The first-order chi connectivity index (χ1) is 28.3. The largest absolute Gasteiger partial charge is 0.417 e. The van der Waals surface area contributed by atoms with E-state index in [-0.39, 0.29) is 23.0 Å². The summed E-state index contributed by atoms with van der Waals surface area (Å²) in [6.07, 6.45) is -10.1. The van der Waals surface area contributed by atoms with Gasteiger partial charge in [0.15, 0.2) is 17.5 Å². The van der Waals surface area contributed by atoms with Crippen LogP contribution in [0.5, 0.6) is 0 Å². The highest BCUT2D eigenvalue weighted by molar-refractivity contribution is 6.11. The van der Waals surface area contributed by atoms with Gasteiger partial charge in [-0.2, -0.15) is 26.3 Å². The number of nitrogens with zero attached hydrogens (tertiary/aromatic N) is 4. The van der Waals surface area contributed by atoms with Crippen LogP contribution in [0, 0.1) is 11.6 Å². The fourth-order valence-corrected chi connectivity index (χ4v) is 7.35. The number of hydrogen-bond donors (Lipinski definition) is 0. The lowest BCUT2D eigenvalue weighted by Crippen LogP contribution is -2.12. The van der Waals surface area contributed by atoms with E-state index in [0.717, 1.165) is 12.1 Å². The Morgan fingerprint density at radius 1 is 0.390 bits per heavy atom. The van der Waals surface area contributed by atoms with Crippen LogP contribution < -0.4 is 0 Å². The predicted octanol–water partition coefficient (Wildman–Crippen LogP) is 13.6. The summed E-state index contributed by atoms with van der Waals surface area (Å²) >= 11 is 0. The highest BCUT2D eigenvalue weighted by Gasteiger charge is 2.38. The van der Waals surface area contributed by atoms with E-state index in [1.807, 2.05) is 71.3 Å². The average molecular weight is 799 g/mol. The van der Waals surface area contributed by atoms with Crippen molar-refractivity contribution in [2.45, 2.75) is 12.4 Å². The molecule has 0 aliphatic rings. The summed E-state index contributed by atoms with van der Waals surface area (Å²) in [5.74, 6) is -0.626. The highest BCUT2D eigenvalue weighted by atomic mass is 19.4. The maximum atomic E-state index is 14.6. The third-order valence-corrected chi connectivity index (χ3v) is 10.0. The molecule has 2 heterocycles. The van der Waals surface area contributed by atoms with Gasteiger partial charge in [0.05, 0.1) is 27.8 Å². The lowest BCUT2D eigenvalue weighted by atomic mass is 9.95. The SMILES string of the molecule is Fc1cc(F)cc(-c2ccc(-n3c4ccccc4c4cc(-c5ccc(C(F)(F)F)cc5C(F)(F)F)ccc43)c(-c3nc(-c4ccccc4)nc(-c4ccccc4)n3)c2)c1. The molecule has 0 spiro atoms. The fourth-order valence-electron chi connectivity index (χ4n) is 7.35. The van der Waals surface area contributed by atoms with Gasteiger partial charge in [-0.25, -0.2) is 23.7 Å². The molecule has 9 aromatic rings. The number of benzene rings is 7. The molecular weight excluding hydrogens is 773 g/mol. The molecule has 4 nitrogen and oxygen atoms in total. The summed E-state index contributed by atoms with van der Waals surface area (Å²) in [4.78, 5) is 14.7. The minimum atomic E-state index is -5.08. The molecule has 9 rings (SSSR count). The summed E-state index contributed by atoms with van der Waals surface area (Å²) in [5, 5.41) is 1.15. The molecule has 0 saturated carbocycles. The molecule has 0 bridgehead atoms. The molecule has 0 saturated heterocycles. The summed E-state index contributed by atoms with van der Waals surface area (Å²) < 4.78 is 115. The zero-order valence-electron chi connectivity index (χ0n) is 30.3. The molecule has 290 valence electrons. The maximum Gasteiger partial charge on any atom is 0.417 e. The third kappa shape index (κ3) is 7.07. The summed E-state index contributed by atoms with van der Waals surface area (Å²) in [7, 11) is 0. The van der Waals surface area contributed by atoms with Gasteiger partial charge in [-0.3, -0.25) is 0 Å². The zero-order valence-corrected chi connectivity index (χ0v) is 30.3. The Labute approximate surface area is 330 Å². The van der Waals surface area contributed by atoms with Crippen LogP contribution in [0.25, 0.3) is 83.9 Å². The number of aromatic nitrogens is 4. The lowest BCUT2D eigenvalue weighted by molar-refractivity contribution is -0.142. The van der Waals surface area contributed by atoms with E-state index in [2.05, 4.69) is 0 Å². The fraction of sp³-hybridized carbons (Fsp3) is 0.0426. The van der Waals surface area contributed by atoms with E-state index in [1.54, 1.807) is 42.5 Å². The normalized spacial score (nSPS) is 12.1. The van der Waals surface area contributed by atoms with E-state index in [9.17, 15) is 35.1 Å². The van der Waals surface area contributed by atoms with E-state index in [0.29, 0.717) is 67.5 Å². The van der Waals surface area contributed by atoms with Gasteiger partial charge in [-0.15, -0.1) is 0 Å². The van der Waals surface area contributed by atoms with Crippen LogP contribution in [-0.2, 0) is 12.4 Å². The Hall–Kier alpha value is -7.21. The molecule has 0 amide bonds. The zero-order chi connectivity index (χ0) is 41.1. The van der Waals surface area contributed by atoms with Crippen molar-refractivity contribution in [3.8, 4) is 62.1 Å². The van der Waals surface area contributed by atoms with Crippen LogP contribution in [-0.4, -0.2) is 19.5 Å². The van der Waals surface area contributed by atoms with Gasteiger partial charge in [0.25, 0.3) is 0 Å². The van der Waals surface area contributed by atoms with Crippen molar-refractivity contribution >= 4 is 21.8 Å². The van der Waals surface area contributed by atoms with Crippen molar-refractivity contribution in [3.63, 3.8) is 0 Å². The van der Waals surface area contributed by atoms with Crippen molar-refractivity contribution in [1.29, 1.82) is 0 Å². The van der Waals surface area contributed by atoms with Crippen molar-refractivity contribution in [2.75, 3.05) is 0 Å². The van der Waals surface area contributed by atoms with Crippen LogP contribution in [0.4, 0.5) is 35.1 Å². The lowest BCUT2D eigenvalue weighted by Gasteiger charge is -2.17. The number of para-hydroxylation sites is 1. The maximum absolute atomic E-state index is 14.6. The second-order valence-corrected chi connectivity index (χ2v) is 13.8. The summed E-state index contributed by atoms with van der Waals surface area (Å²) in [6, 6.07) is 40.2. The van der Waals surface area contributed by atoms with Gasteiger partial charge >= 0.3 is 12.4 Å². The molecule has 0 N–H and O–H groups in total. The quantitative estimate of drug-likeness (QED) is 0.157. The highest BCUT2D eigenvalue weighted by Crippen LogP contribution is 2.44. The Bertz CT molecular complexity index is 2970. The summed E-state index contributed by atoms with van der Waals surface area (Å²) in [6.45, 7) is 0. The van der Waals surface area contributed by atoms with Crippen LogP contribution >= 0.6 is 0 Å². The predicted molar refractivity (Wildman–Crippen MR) is 211 cm³/mol. The Kier molecular flexibility index (Phi) is 9.07. The standard InChI is InChI=1S/C47H26F8N4/c48-33-21-31(22-34(49)26-33)29-15-19-42(38(23-29)45-57-43(27-9-3-1-4-10-27)56-44(58-45)28-11-5-2-6-12-28)59-40-14-8-7-13-36(40)37-24-30(16-20-41(37)59)35-18-17-32(46(50,51)52)25-39(35)47(53,54)55/h1-26H. The smallest absolute Gasteiger partial charge is 0.309 e. The van der Waals surface area contributed by atoms with Crippen molar-refractivity contribution in [2.24, 2.45) is 0 Å². The van der Waals surface area contributed by atoms with E-state index >= 15 is 0 Å². The van der Waals surface area contributed by atoms with E-state index in [4.69, 9.17) is 15.0 Å². The van der Waals surface area contributed by atoms with Gasteiger partial charge in [0.1, 0.15) is 11.6 Å². The molecule has 0 fully saturated rings. The Balaban J connectivity index is 1.32. The molecular formula is C47H26F8N4. The topological polar surface area (TPSA) is 43.6 Å². The summed E-state index contributed by atoms with van der Waals surface area (Å²) in [5.41, 5.74) is 1.02. The van der Waals surface area contributed by atoms with E-state index in [1.165, 1.54) is 24.3 Å². The van der Waals surface area contributed by atoms with Gasteiger partial charge in [0.2, 0.25) is 0 Å². The molecule has 0 aliphatic carbocycles. The van der Waals surface area contributed by atoms with E-state index < -0.39 is 40.7 Å². The first-order valence-corrected chi connectivity index (χ1v) is 18.1. The van der Waals surface area contributed by atoms with Gasteiger partial charge in [-0.05, 0) is 76.9 Å². The Morgan fingerprint density at radius 3 is 1.59 bits per heavy atom. The molecule has 12 heteroatoms. The van der Waals surface area contributed by atoms with Crippen LogP contribution in [0.1, 0.15) is 11.1 Å². The first kappa shape index (κ1) is 37.4. The van der Waals surface area contributed by atoms with Gasteiger partial charge < -0.3 is 4.57 Å². The van der Waals surface area contributed by atoms with Crippen LogP contribution in [0.15, 0.2) is 158 Å². The van der Waals surface area contributed by atoms with Crippen LogP contribution in [0.3, 0.4) is 0 Å². The van der Waals surface area contributed by atoms with Gasteiger partial charge in [-0.1, -0.05) is 97.1 Å². The van der Waals surface area contributed by atoms with Crippen molar-refractivity contribution in [3.05, 3.63) is 180 Å². The van der Waals surface area contributed by atoms with Crippen LogP contribution in [0.2, 0.25) is 0 Å². The molecule has 0 unspecified atom stereocenters. The molecule has 7 aromatic carbocycles. The molecule has 0 atom stereocenters. The van der Waals surface area contributed by atoms with Crippen molar-refractivity contribution in [1.82, 2.24) is 19.5 Å². The first-order valence-electron chi connectivity index (χ1n) is 18.1. The molecule has 0 aliphatic heterocycles.